The zero-order chi connectivity index (χ0) is 20.0. The summed E-state index contributed by atoms with van der Waals surface area (Å²) in [6.45, 7) is 0. The standard InChI is InChI=1S/C17H12F3N3O4/c18-17(19,20)13-7-4-11(5-8-13)6-9-15(24)21-22-16(25)12-2-1-3-14(10-12)23(26)27/h1-10H,(H,21,24)(H,22,25)/b9-6+. The maximum atomic E-state index is 12.5. The van der Waals surface area contributed by atoms with Crippen LogP contribution in [-0.4, -0.2) is 16.7 Å². The fourth-order valence-corrected chi connectivity index (χ4v) is 1.95. The quantitative estimate of drug-likeness (QED) is 0.484. The second kappa shape index (κ2) is 8.13. The number of nitro benzene ring substituents is 1. The lowest BCUT2D eigenvalue weighted by Gasteiger charge is -2.06. The first kappa shape index (κ1) is 19.6. The molecule has 0 aliphatic carbocycles. The highest BCUT2D eigenvalue weighted by molar-refractivity contribution is 5.98. The molecule has 0 fully saturated rings. The van der Waals surface area contributed by atoms with E-state index >= 15 is 0 Å². The van der Waals surface area contributed by atoms with Crippen LogP contribution in [0.25, 0.3) is 6.08 Å². The van der Waals surface area contributed by atoms with Crippen LogP contribution in [0.2, 0.25) is 0 Å². The maximum absolute atomic E-state index is 12.5. The molecule has 140 valence electrons. The van der Waals surface area contributed by atoms with E-state index in [1.807, 2.05) is 0 Å². The number of carbonyl (C=O) groups excluding carboxylic acids is 2. The van der Waals surface area contributed by atoms with Gasteiger partial charge in [0.25, 0.3) is 17.5 Å². The Kier molecular flexibility index (Phi) is 5.91. The molecule has 0 aliphatic heterocycles. The smallest absolute Gasteiger partial charge is 0.268 e. The third kappa shape index (κ3) is 5.66. The zero-order valence-corrected chi connectivity index (χ0v) is 13.5. The van der Waals surface area contributed by atoms with Crippen LogP contribution in [0.4, 0.5) is 18.9 Å². The number of nitrogens with one attached hydrogen (secondary N) is 2. The van der Waals surface area contributed by atoms with Crippen LogP contribution < -0.4 is 10.9 Å². The molecule has 0 spiro atoms. The number of carbonyl (C=O) groups is 2. The van der Waals surface area contributed by atoms with Crippen molar-refractivity contribution in [1.29, 1.82) is 0 Å². The summed E-state index contributed by atoms with van der Waals surface area (Å²) in [4.78, 5) is 33.5. The zero-order valence-electron chi connectivity index (χ0n) is 13.5. The third-order valence-corrected chi connectivity index (χ3v) is 3.28. The molecule has 0 aromatic heterocycles. The lowest BCUT2D eigenvalue weighted by molar-refractivity contribution is -0.384. The van der Waals surface area contributed by atoms with Crippen molar-refractivity contribution in [2.45, 2.75) is 6.18 Å². The Labute approximate surface area is 150 Å². The van der Waals surface area contributed by atoms with Crippen LogP contribution in [0, 0.1) is 10.1 Å². The van der Waals surface area contributed by atoms with Crippen LogP contribution in [0.15, 0.2) is 54.6 Å². The molecule has 0 heterocycles. The molecule has 2 aromatic carbocycles. The van der Waals surface area contributed by atoms with Gasteiger partial charge in [-0.3, -0.25) is 30.6 Å². The number of amides is 2. The third-order valence-electron chi connectivity index (χ3n) is 3.28. The van der Waals surface area contributed by atoms with E-state index in [9.17, 15) is 32.9 Å². The highest BCUT2D eigenvalue weighted by atomic mass is 19.4. The van der Waals surface area contributed by atoms with E-state index in [-0.39, 0.29) is 11.3 Å². The lowest BCUT2D eigenvalue weighted by Crippen LogP contribution is -2.40. The molecular formula is C17H12F3N3O4. The van der Waals surface area contributed by atoms with Crippen molar-refractivity contribution in [1.82, 2.24) is 10.9 Å². The summed E-state index contributed by atoms with van der Waals surface area (Å²) in [5, 5.41) is 10.7. The highest BCUT2D eigenvalue weighted by Gasteiger charge is 2.29. The van der Waals surface area contributed by atoms with Crippen molar-refractivity contribution in [2.24, 2.45) is 0 Å². The summed E-state index contributed by atoms with van der Waals surface area (Å²) in [6, 6.07) is 9.03. The summed E-state index contributed by atoms with van der Waals surface area (Å²) in [5.41, 5.74) is 3.36. The van der Waals surface area contributed by atoms with Crippen molar-refractivity contribution >= 4 is 23.6 Å². The summed E-state index contributed by atoms with van der Waals surface area (Å²) in [6.07, 6.45) is -2.18. The van der Waals surface area contributed by atoms with Gasteiger partial charge in [0.2, 0.25) is 0 Å². The topological polar surface area (TPSA) is 101 Å². The first-order chi connectivity index (χ1) is 12.7. The van der Waals surface area contributed by atoms with Gasteiger partial charge in [-0.2, -0.15) is 13.2 Å². The predicted molar refractivity (Wildman–Crippen MR) is 89.2 cm³/mol. The first-order valence-electron chi connectivity index (χ1n) is 7.37. The average molecular weight is 379 g/mol. The molecule has 2 N–H and O–H groups in total. The van der Waals surface area contributed by atoms with E-state index in [2.05, 4.69) is 10.9 Å². The number of alkyl halides is 3. The predicted octanol–water partition coefficient (Wildman–Crippen LogP) is 3.09. The Hall–Kier alpha value is -3.69. The molecule has 0 bridgehead atoms. The molecule has 2 amide bonds. The minimum atomic E-state index is -4.45. The molecular weight excluding hydrogens is 367 g/mol. The van der Waals surface area contributed by atoms with Gasteiger partial charge in [-0.15, -0.1) is 0 Å². The van der Waals surface area contributed by atoms with Gasteiger partial charge in [-0.05, 0) is 29.8 Å². The summed E-state index contributed by atoms with van der Waals surface area (Å²) in [7, 11) is 0. The maximum Gasteiger partial charge on any atom is 0.416 e. The van der Waals surface area contributed by atoms with Crippen molar-refractivity contribution in [3.05, 3.63) is 81.4 Å². The van der Waals surface area contributed by atoms with Crippen molar-refractivity contribution in [3.8, 4) is 0 Å². The van der Waals surface area contributed by atoms with E-state index in [0.717, 1.165) is 24.3 Å². The molecule has 0 saturated carbocycles. The SMILES string of the molecule is O=C(/C=C/c1ccc(C(F)(F)F)cc1)NNC(=O)c1cccc([N+](=O)[O-])c1. The van der Waals surface area contributed by atoms with E-state index in [1.165, 1.54) is 36.4 Å². The van der Waals surface area contributed by atoms with Crippen LogP contribution in [0.5, 0.6) is 0 Å². The molecule has 2 aromatic rings. The molecule has 0 radical (unpaired) electrons. The van der Waals surface area contributed by atoms with Crippen molar-refractivity contribution in [2.75, 3.05) is 0 Å². The van der Waals surface area contributed by atoms with Gasteiger partial charge in [0, 0.05) is 23.8 Å². The first-order valence-corrected chi connectivity index (χ1v) is 7.37. The summed E-state index contributed by atoms with van der Waals surface area (Å²) < 4.78 is 37.4. The second-order valence-corrected chi connectivity index (χ2v) is 5.20. The molecule has 0 atom stereocenters. The summed E-state index contributed by atoms with van der Waals surface area (Å²) >= 11 is 0. The van der Waals surface area contributed by atoms with Crippen LogP contribution >= 0.6 is 0 Å². The molecule has 0 unspecified atom stereocenters. The molecule has 7 nitrogen and oxygen atoms in total. The minimum absolute atomic E-state index is 0.0313. The number of nitrogens with zero attached hydrogens (tertiary/aromatic N) is 1. The number of halogens is 3. The largest absolute Gasteiger partial charge is 0.416 e. The number of hydrogen-bond donors (Lipinski definition) is 2. The molecule has 0 saturated heterocycles. The van der Waals surface area contributed by atoms with Gasteiger partial charge in [-0.1, -0.05) is 18.2 Å². The van der Waals surface area contributed by atoms with Gasteiger partial charge < -0.3 is 0 Å². The average Bonchev–Trinajstić information content (AvgIpc) is 2.64. The van der Waals surface area contributed by atoms with Crippen LogP contribution in [-0.2, 0) is 11.0 Å². The van der Waals surface area contributed by atoms with Crippen LogP contribution in [0.1, 0.15) is 21.5 Å². The molecule has 27 heavy (non-hydrogen) atoms. The number of rotatable bonds is 4. The number of hydrazine groups is 1. The molecule has 2 rings (SSSR count). The fourth-order valence-electron chi connectivity index (χ4n) is 1.95. The Morgan fingerprint density at radius 2 is 1.70 bits per heavy atom. The van der Waals surface area contributed by atoms with Crippen molar-refractivity contribution in [3.63, 3.8) is 0 Å². The van der Waals surface area contributed by atoms with Crippen molar-refractivity contribution < 1.29 is 27.7 Å². The van der Waals surface area contributed by atoms with E-state index in [4.69, 9.17) is 0 Å². The van der Waals surface area contributed by atoms with Gasteiger partial charge in [-0.25, -0.2) is 0 Å². The number of benzene rings is 2. The van der Waals surface area contributed by atoms with Gasteiger partial charge in [0.15, 0.2) is 0 Å². The molecule has 10 heteroatoms. The Morgan fingerprint density at radius 3 is 2.30 bits per heavy atom. The number of hydrogen-bond acceptors (Lipinski definition) is 4. The van der Waals surface area contributed by atoms with Gasteiger partial charge in [0.05, 0.1) is 10.5 Å². The second-order valence-electron chi connectivity index (χ2n) is 5.20. The Bertz CT molecular complexity index is 893. The number of non-ortho nitro benzene ring substituents is 1. The normalized spacial score (nSPS) is 11.2. The molecule has 0 aliphatic rings. The Balaban J connectivity index is 1.92. The van der Waals surface area contributed by atoms with Crippen LogP contribution in [0.3, 0.4) is 0 Å². The number of nitro groups is 1. The van der Waals surface area contributed by atoms with Gasteiger partial charge >= 0.3 is 6.18 Å². The van der Waals surface area contributed by atoms with E-state index in [1.54, 1.807) is 0 Å². The highest BCUT2D eigenvalue weighted by Crippen LogP contribution is 2.29. The van der Waals surface area contributed by atoms with Gasteiger partial charge in [0.1, 0.15) is 0 Å². The monoisotopic (exact) mass is 379 g/mol. The van der Waals surface area contributed by atoms with E-state index in [0.29, 0.717) is 5.56 Å². The fraction of sp³-hybridized carbons (Fsp3) is 0.0588. The lowest BCUT2D eigenvalue weighted by atomic mass is 10.1. The minimum Gasteiger partial charge on any atom is -0.268 e. The van der Waals surface area contributed by atoms with E-state index < -0.39 is 28.5 Å². The Morgan fingerprint density at radius 1 is 1.04 bits per heavy atom. The summed E-state index contributed by atoms with van der Waals surface area (Å²) in [5.74, 6) is -1.51.